The van der Waals surface area contributed by atoms with Crippen LogP contribution in [0.3, 0.4) is 0 Å². The number of hydrogen-bond donors (Lipinski definition) is 5. The molecule has 258 valence electrons. The first-order valence-corrected chi connectivity index (χ1v) is 16.8. The van der Waals surface area contributed by atoms with Crippen molar-refractivity contribution in [2.24, 2.45) is 0 Å². The van der Waals surface area contributed by atoms with E-state index in [1.165, 1.54) is 16.1 Å². The van der Waals surface area contributed by atoms with Gasteiger partial charge in [0.05, 0.1) is 41.8 Å². The highest BCUT2D eigenvalue weighted by molar-refractivity contribution is 7.47. The summed E-state index contributed by atoms with van der Waals surface area (Å²) in [5.41, 5.74) is 4.01. The number of nitrogens with two attached hydrogens (primary N) is 1. The summed E-state index contributed by atoms with van der Waals surface area (Å²) in [6.45, 7) is 4.31. The Hall–Kier alpha value is -4.55. The highest BCUT2D eigenvalue weighted by Gasteiger charge is 2.53. The Morgan fingerprint density at radius 3 is 2.67 bits per heavy atom. The molecule has 0 aliphatic carbocycles. The van der Waals surface area contributed by atoms with Crippen molar-refractivity contribution in [2.75, 3.05) is 12.3 Å². The molecule has 19 heteroatoms. The lowest BCUT2D eigenvalue weighted by molar-refractivity contribution is -0.171. The van der Waals surface area contributed by atoms with Crippen LogP contribution in [0.5, 0.6) is 0 Å². The Balaban J connectivity index is 1.18. The largest absolute Gasteiger partial charge is 0.473 e. The van der Waals surface area contributed by atoms with Crippen LogP contribution in [0.15, 0.2) is 28.0 Å². The van der Waals surface area contributed by atoms with Crippen molar-refractivity contribution >= 4 is 43.1 Å². The number of pyridine rings is 2. The molecule has 3 aliphatic rings. The number of aliphatic hydroxyl groups is 2. The van der Waals surface area contributed by atoms with E-state index in [0.717, 1.165) is 17.1 Å². The van der Waals surface area contributed by atoms with Crippen molar-refractivity contribution in [1.29, 1.82) is 0 Å². The molecule has 1 saturated heterocycles. The highest BCUT2D eigenvalue weighted by Crippen LogP contribution is 2.54. The van der Waals surface area contributed by atoms with E-state index in [-0.39, 0.29) is 47.8 Å². The summed E-state index contributed by atoms with van der Waals surface area (Å²) in [6.07, 6.45) is -1.31. The first-order chi connectivity index (χ1) is 23.3. The fourth-order valence-corrected chi connectivity index (χ4v) is 7.65. The van der Waals surface area contributed by atoms with Gasteiger partial charge in [0.2, 0.25) is 11.5 Å². The molecule has 0 aromatic carbocycles. The zero-order chi connectivity index (χ0) is 35.0. The molecule has 0 saturated carbocycles. The Labute approximate surface area is 275 Å². The molecule has 4 aromatic heterocycles. The average molecular weight is 698 g/mol. The monoisotopic (exact) mass is 697 g/mol. The molecular formula is C30H32N7O11P. The lowest BCUT2D eigenvalue weighted by Crippen LogP contribution is -2.46. The van der Waals surface area contributed by atoms with Gasteiger partial charge >= 0.3 is 13.8 Å². The molecule has 7 heterocycles. The number of esters is 1. The fraction of sp³-hybridized carbons (Fsp3) is 0.400. The lowest BCUT2D eigenvalue weighted by Gasteiger charge is -2.36. The number of rotatable bonds is 7. The second kappa shape index (κ2) is 11.8. The first kappa shape index (κ1) is 33.0. The van der Waals surface area contributed by atoms with E-state index in [0.29, 0.717) is 16.7 Å². The minimum atomic E-state index is -5.19. The molecule has 6 atom stereocenters. The Morgan fingerprint density at radius 2 is 1.96 bits per heavy atom. The van der Waals surface area contributed by atoms with Gasteiger partial charge in [0, 0.05) is 11.1 Å². The van der Waals surface area contributed by atoms with E-state index in [4.69, 9.17) is 29.2 Å². The third-order valence-electron chi connectivity index (χ3n) is 9.06. The number of fused-ring (bicyclic) bond motifs is 5. The molecule has 4 aromatic rings. The number of aliphatic hydroxyl groups excluding tert-OH is 2. The number of H-pyrrole nitrogens is 1. The Bertz CT molecular complexity index is 2340. The molecule has 0 bridgehead atoms. The third kappa shape index (κ3) is 5.15. The SMILES string of the molecule is CC=c1cc2c(nc1=CC)-c1cc3c(c(=O)n1C2)COC(=O)C3(CC)OP(=O)(O)OCC1OC(n2cnc3c(=O)[nH]c(N)nc32)C(O)C1O. The minimum Gasteiger partial charge on any atom is -0.458 e. The standard InChI is InChI=1S/C30H32N7O11P/c1-4-13-7-14-9-36-18(20(14)33-17(13)5-2)8-16-15(26(36)41)10-45-28(42)30(16,6-3)48-49(43,44)46-11-19-22(38)23(39)27(47-19)37-12-32-21-24(37)34-29(31)35-25(21)40/h4-5,7-8,12,19,22-23,27,38-39H,6,9-11H2,1-3H3,(H,43,44)(H3,31,34,35,40). The summed E-state index contributed by atoms with van der Waals surface area (Å²) in [5.74, 6) is -1.23. The van der Waals surface area contributed by atoms with Crippen LogP contribution in [0.25, 0.3) is 34.7 Å². The molecule has 49 heavy (non-hydrogen) atoms. The molecule has 0 radical (unpaired) electrons. The van der Waals surface area contributed by atoms with Gasteiger partial charge in [-0.2, -0.15) is 4.98 Å². The van der Waals surface area contributed by atoms with Gasteiger partial charge in [-0.25, -0.2) is 19.3 Å². The topological polar surface area (TPSA) is 256 Å². The fourth-order valence-electron chi connectivity index (χ4n) is 6.57. The summed E-state index contributed by atoms with van der Waals surface area (Å²) >= 11 is 0. The summed E-state index contributed by atoms with van der Waals surface area (Å²) < 4.78 is 38.1. The quantitative estimate of drug-likeness (QED) is 0.101. The number of nitrogen functional groups attached to an aromatic ring is 1. The van der Waals surface area contributed by atoms with Crippen LogP contribution >= 0.6 is 7.82 Å². The van der Waals surface area contributed by atoms with Crippen LogP contribution in [0.2, 0.25) is 0 Å². The number of carbonyl (C=O) groups excluding carboxylic acids is 1. The maximum atomic E-state index is 13.8. The van der Waals surface area contributed by atoms with E-state index >= 15 is 0 Å². The van der Waals surface area contributed by atoms with Crippen molar-refractivity contribution in [3.63, 3.8) is 0 Å². The number of carbonyl (C=O) groups is 1. The van der Waals surface area contributed by atoms with Gasteiger partial charge in [-0.05, 0) is 37.6 Å². The predicted molar refractivity (Wildman–Crippen MR) is 170 cm³/mol. The van der Waals surface area contributed by atoms with Gasteiger partial charge < -0.3 is 34.9 Å². The summed E-state index contributed by atoms with van der Waals surface area (Å²) in [6, 6.07) is 3.49. The number of hydrogen-bond acceptors (Lipinski definition) is 14. The number of ether oxygens (including phenoxy) is 2. The number of phosphoric ester groups is 1. The van der Waals surface area contributed by atoms with Gasteiger partial charge in [-0.3, -0.25) is 28.2 Å². The van der Waals surface area contributed by atoms with Gasteiger partial charge in [0.25, 0.3) is 11.1 Å². The van der Waals surface area contributed by atoms with E-state index in [1.54, 1.807) is 6.07 Å². The van der Waals surface area contributed by atoms with Crippen LogP contribution in [-0.4, -0.2) is 75.1 Å². The van der Waals surface area contributed by atoms with Crippen molar-refractivity contribution in [3.05, 3.63) is 66.4 Å². The van der Waals surface area contributed by atoms with E-state index < -0.39 is 61.7 Å². The minimum absolute atomic E-state index is 0.0389. The average Bonchev–Trinajstić information content (AvgIpc) is 3.74. The van der Waals surface area contributed by atoms with Crippen molar-refractivity contribution in [3.8, 4) is 11.4 Å². The molecule has 7 rings (SSSR count). The number of aromatic amines is 1. The smallest absolute Gasteiger partial charge is 0.458 e. The second-order valence-electron chi connectivity index (χ2n) is 11.8. The van der Waals surface area contributed by atoms with Crippen LogP contribution in [-0.2, 0) is 46.6 Å². The summed E-state index contributed by atoms with van der Waals surface area (Å²) in [7, 11) is -5.19. The third-order valence-corrected chi connectivity index (χ3v) is 10.1. The normalized spacial score (nSPS) is 26.4. The molecule has 18 nitrogen and oxygen atoms in total. The molecule has 1 fully saturated rings. The van der Waals surface area contributed by atoms with Gasteiger partial charge in [0.1, 0.15) is 24.9 Å². The Morgan fingerprint density at radius 1 is 1.18 bits per heavy atom. The van der Waals surface area contributed by atoms with Crippen molar-refractivity contribution in [2.45, 2.75) is 70.5 Å². The zero-order valence-electron chi connectivity index (χ0n) is 26.4. The number of anilines is 1. The molecular weight excluding hydrogens is 665 g/mol. The highest BCUT2D eigenvalue weighted by atomic mass is 31.2. The van der Waals surface area contributed by atoms with Gasteiger partial charge in [-0.1, -0.05) is 19.1 Å². The summed E-state index contributed by atoms with van der Waals surface area (Å²) in [5, 5.41) is 23.1. The van der Waals surface area contributed by atoms with Gasteiger partial charge in [-0.15, -0.1) is 0 Å². The van der Waals surface area contributed by atoms with Crippen molar-refractivity contribution < 1.29 is 43.0 Å². The van der Waals surface area contributed by atoms with Crippen LogP contribution in [0, 0.1) is 0 Å². The van der Waals surface area contributed by atoms with E-state index in [2.05, 4.69) is 15.0 Å². The van der Waals surface area contributed by atoms with Gasteiger partial charge in [0.15, 0.2) is 17.4 Å². The maximum absolute atomic E-state index is 13.8. The molecule has 0 spiro atoms. The molecule has 3 aliphatic heterocycles. The second-order valence-corrected chi connectivity index (χ2v) is 13.2. The number of nitrogens with zero attached hydrogens (tertiary/aromatic N) is 5. The van der Waals surface area contributed by atoms with Crippen LogP contribution in [0.1, 0.15) is 50.1 Å². The zero-order valence-corrected chi connectivity index (χ0v) is 27.3. The number of nitrogens with one attached hydrogen (secondary N) is 1. The number of aromatic nitrogens is 6. The maximum Gasteiger partial charge on any atom is 0.473 e. The number of imidazole rings is 1. The van der Waals surface area contributed by atoms with Crippen LogP contribution < -0.4 is 27.4 Å². The van der Waals surface area contributed by atoms with E-state index in [1.807, 2.05) is 32.1 Å². The van der Waals surface area contributed by atoms with E-state index in [9.17, 15) is 34.1 Å². The molecule has 6 N–H and O–H groups in total. The number of phosphoric acid groups is 1. The Kier molecular flexibility index (Phi) is 7.94. The van der Waals surface area contributed by atoms with Crippen LogP contribution in [0.4, 0.5) is 5.95 Å². The molecule has 0 amide bonds. The lowest BCUT2D eigenvalue weighted by atomic mass is 9.86. The summed E-state index contributed by atoms with van der Waals surface area (Å²) in [4.78, 5) is 65.3. The molecule has 6 unspecified atom stereocenters. The first-order valence-electron chi connectivity index (χ1n) is 15.3. The predicted octanol–water partition coefficient (Wildman–Crippen LogP) is -0.997. The van der Waals surface area contributed by atoms with Crippen molar-refractivity contribution in [1.82, 2.24) is 29.1 Å². The number of cyclic esters (lactones) is 1.